The molecule has 0 saturated heterocycles. The first kappa shape index (κ1) is 24.0. The quantitative estimate of drug-likeness (QED) is 0.214. The Morgan fingerprint density at radius 3 is 2.15 bits per heavy atom. The number of guanidine groups is 1. The molecule has 0 spiro atoms. The molecule has 172 valence electrons. The topological polar surface area (TPSA) is 146 Å². The first-order chi connectivity index (χ1) is 15.4. The summed E-state index contributed by atoms with van der Waals surface area (Å²) >= 11 is 1.14. The Hall–Kier alpha value is -3.63. The van der Waals surface area contributed by atoms with Gasteiger partial charge in [-0.15, -0.1) is 23.7 Å². The summed E-state index contributed by atoms with van der Waals surface area (Å²) in [5.41, 5.74) is 11.5. The van der Waals surface area contributed by atoms with Crippen molar-refractivity contribution in [2.75, 3.05) is 27.3 Å². The molecule has 0 atom stereocenters. The van der Waals surface area contributed by atoms with E-state index in [1.54, 1.807) is 30.3 Å². The Balaban J connectivity index is 0.00000306. The monoisotopic (exact) mass is 488 g/mol. The van der Waals surface area contributed by atoms with Crippen LogP contribution in [0.3, 0.4) is 0 Å². The van der Waals surface area contributed by atoms with Crippen molar-refractivity contribution in [1.82, 2.24) is 5.32 Å². The first-order valence-corrected chi connectivity index (χ1v) is 10.4. The third-order valence-electron chi connectivity index (χ3n) is 5.08. The zero-order valence-electron chi connectivity index (χ0n) is 17.8. The van der Waals surface area contributed by atoms with Gasteiger partial charge in [0.2, 0.25) is 0 Å². The van der Waals surface area contributed by atoms with Crippen molar-refractivity contribution in [3.8, 4) is 11.5 Å². The Morgan fingerprint density at radius 1 is 1.03 bits per heavy atom. The van der Waals surface area contributed by atoms with Gasteiger partial charge in [0.25, 0.3) is 5.91 Å². The van der Waals surface area contributed by atoms with E-state index < -0.39 is 0 Å². The van der Waals surface area contributed by atoms with Gasteiger partial charge in [0, 0.05) is 23.1 Å². The molecular weight excluding hydrogens is 468 g/mol. The van der Waals surface area contributed by atoms with E-state index in [1.807, 2.05) is 0 Å². The first-order valence-electron chi connectivity index (χ1n) is 9.62. The zero-order valence-corrected chi connectivity index (χ0v) is 19.4. The van der Waals surface area contributed by atoms with Gasteiger partial charge in [-0.25, -0.2) is 0 Å². The molecule has 3 aromatic rings. The predicted molar refractivity (Wildman–Crippen MR) is 128 cm³/mol. The van der Waals surface area contributed by atoms with E-state index in [9.17, 15) is 14.4 Å². The summed E-state index contributed by atoms with van der Waals surface area (Å²) in [6.45, 7) is 0.475. The zero-order chi connectivity index (χ0) is 23.0. The maximum Gasteiger partial charge on any atom is 0.261 e. The number of nitrogens with one attached hydrogen (secondary N) is 1. The van der Waals surface area contributed by atoms with Crippen LogP contribution in [0.5, 0.6) is 11.5 Å². The van der Waals surface area contributed by atoms with Crippen LogP contribution in [0.4, 0.5) is 0 Å². The fourth-order valence-electron chi connectivity index (χ4n) is 3.75. The van der Waals surface area contributed by atoms with Crippen molar-refractivity contribution in [3.05, 3.63) is 57.5 Å². The molecule has 0 fully saturated rings. The molecule has 0 unspecified atom stereocenters. The molecule has 0 saturated carbocycles. The van der Waals surface area contributed by atoms with E-state index in [1.165, 1.54) is 14.2 Å². The van der Waals surface area contributed by atoms with Gasteiger partial charge in [-0.3, -0.25) is 19.4 Å². The van der Waals surface area contributed by atoms with Gasteiger partial charge in [-0.05, 0) is 6.07 Å². The average molecular weight is 489 g/mol. The summed E-state index contributed by atoms with van der Waals surface area (Å²) in [7, 11) is 2.85. The standard InChI is InChI=1S/C22H20N4O5S.ClH/c1-30-18-12-9-13(21(29)25-7-8-26-22(23)24)32-20(12)19(31-2)15-14(18)16(27)10-5-3-4-6-11(10)17(15)28;/h3-6,9H,7-8H2,1-2H3,(H,25,29)(H4,23,24,26);1H. The minimum absolute atomic E-state index is 0. The Morgan fingerprint density at radius 2 is 1.61 bits per heavy atom. The second-order valence-corrected chi connectivity index (χ2v) is 7.99. The molecule has 1 aromatic heterocycles. The number of ether oxygens (including phenoxy) is 2. The molecule has 1 aliphatic rings. The number of nitrogens with zero attached hydrogens (tertiary/aromatic N) is 1. The van der Waals surface area contributed by atoms with Gasteiger partial charge in [0.15, 0.2) is 17.5 Å². The average Bonchev–Trinajstić information content (AvgIpc) is 3.23. The lowest BCUT2D eigenvalue weighted by Crippen LogP contribution is -2.28. The molecule has 5 N–H and O–H groups in total. The number of hydrogen-bond acceptors (Lipinski definition) is 7. The highest BCUT2D eigenvalue weighted by molar-refractivity contribution is 7.21. The molecule has 0 bridgehead atoms. The molecular formula is C22H21ClN4O5S. The molecule has 1 amide bonds. The molecule has 0 radical (unpaired) electrons. The lowest BCUT2D eigenvalue weighted by atomic mass is 9.82. The van der Waals surface area contributed by atoms with E-state index in [0.29, 0.717) is 26.1 Å². The van der Waals surface area contributed by atoms with E-state index in [4.69, 9.17) is 20.9 Å². The summed E-state index contributed by atoms with van der Waals surface area (Å²) in [5, 5.41) is 3.25. The minimum Gasteiger partial charge on any atom is -0.495 e. The van der Waals surface area contributed by atoms with E-state index in [-0.39, 0.29) is 71.6 Å². The van der Waals surface area contributed by atoms with Gasteiger partial charge in [0.05, 0.1) is 41.5 Å². The minimum atomic E-state index is -0.347. The van der Waals surface area contributed by atoms with Crippen molar-refractivity contribution in [2.24, 2.45) is 16.5 Å². The lowest BCUT2D eigenvalue weighted by molar-refractivity contribution is 0.0958. The lowest BCUT2D eigenvalue weighted by Gasteiger charge is -2.22. The number of carbonyl (C=O) groups excluding carboxylic acids is 3. The van der Waals surface area contributed by atoms with Crippen molar-refractivity contribution in [3.63, 3.8) is 0 Å². The smallest absolute Gasteiger partial charge is 0.261 e. The summed E-state index contributed by atoms with van der Waals surface area (Å²) in [5.74, 6) is -0.588. The maximum atomic E-state index is 13.3. The SMILES string of the molecule is COc1c2c(c(OC)c3sc(C(=O)NCCN=C(N)N)cc13)C(=O)c1ccccc1C2=O.Cl. The second kappa shape index (κ2) is 9.47. The van der Waals surface area contributed by atoms with Gasteiger partial charge in [-0.1, -0.05) is 24.3 Å². The highest BCUT2D eigenvalue weighted by Gasteiger charge is 2.37. The summed E-state index contributed by atoms with van der Waals surface area (Å²) in [6, 6.07) is 8.24. The number of thiophene rings is 1. The molecule has 4 rings (SSSR count). The number of methoxy groups -OCH3 is 2. The number of ketones is 2. The van der Waals surface area contributed by atoms with Crippen LogP contribution in [-0.2, 0) is 0 Å². The molecule has 1 aliphatic carbocycles. The van der Waals surface area contributed by atoms with Gasteiger partial charge < -0.3 is 26.3 Å². The number of halogens is 1. The number of carbonyl (C=O) groups is 3. The number of fused-ring (bicyclic) bond motifs is 3. The van der Waals surface area contributed by atoms with E-state index >= 15 is 0 Å². The van der Waals surface area contributed by atoms with Crippen molar-refractivity contribution in [2.45, 2.75) is 0 Å². The fraction of sp³-hybridized carbons (Fsp3) is 0.182. The number of amides is 1. The number of nitrogens with two attached hydrogens (primary N) is 2. The Bertz CT molecular complexity index is 1230. The van der Waals surface area contributed by atoms with Gasteiger partial charge >= 0.3 is 0 Å². The van der Waals surface area contributed by atoms with E-state index in [0.717, 1.165) is 11.3 Å². The number of rotatable bonds is 6. The van der Waals surface area contributed by atoms with Crippen molar-refractivity contribution < 1.29 is 23.9 Å². The maximum absolute atomic E-state index is 13.3. The number of hydrogen-bond donors (Lipinski definition) is 3. The molecule has 0 aliphatic heterocycles. The van der Waals surface area contributed by atoms with E-state index in [2.05, 4.69) is 10.3 Å². The van der Waals surface area contributed by atoms with Gasteiger partial charge in [-0.2, -0.15) is 0 Å². The third kappa shape index (κ3) is 3.98. The van der Waals surface area contributed by atoms with Crippen LogP contribution in [-0.4, -0.2) is 50.7 Å². The van der Waals surface area contributed by atoms with Crippen LogP contribution in [0, 0.1) is 0 Å². The summed E-state index contributed by atoms with van der Waals surface area (Å²) in [6.07, 6.45) is 0. The Labute approximate surface area is 199 Å². The number of aliphatic imine (C=N–C) groups is 1. The normalized spacial score (nSPS) is 11.8. The van der Waals surface area contributed by atoms with Crippen LogP contribution < -0.4 is 26.3 Å². The highest BCUT2D eigenvalue weighted by atomic mass is 35.5. The summed E-state index contributed by atoms with van der Waals surface area (Å²) in [4.78, 5) is 43.5. The second-order valence-electron chi connectivity index (χ2n) is 6.94. The van der Waals surface area contributed by atoms with Crippen molar-refractivity contribution >= 4 is 57.3 Å². The highest BCUT2D eigenvalue weighted by Crippen LogP contribution is 2.48. The van der Waals surface area contributed by atoms with Crippen LogP contribution in [0.2, 0.25) is 0 Å². The third-order valence-corrected chi connectivity index (χ3v) is 6.21. The largest absolute Gasteiger partial charge is 0.495 e. The number of benzene rings is 2. The summed E-state index contributed by atoms with van der Waals surface area (Å²) < 4.78 is 11.7. The van der Waals surface area contributed by atoms with Crippen LogP contribution in [0.1, 0.15) is 41.5 Å². The Kier molecular flexibility index (Phi) is 6.89. The van der Waals surface area contributed by atoms with Crippen LogP contribution in [0.15, 0.2) is 35.3 Å². The molecule has 1 heterocycles. The molecule has 33 heavy (non-hydrogen) atoms. The van der Waals surface area contributed by atoms with Crippen LogP contribution in [0.25, 0.3) is 10.1 Å². The molecule has 2 aromatic carbocycles. The fourth-order valence-corrected chi connectivity index (χ4v) is 4.85. The van der Waals surface area contributed by atoms with Gasteiger partial charge in [0.1, 0.15) is 11.5 Å². The molecule has 9 nitrogen and oxygen atoms in total. The predicted octanol–water partition coefficient (Wildman–Crippen LogP) is 2.12. The molecule has 11 heteroatoms. The van der Waals surface area contributed by atoms with Crippen molar-refractivity contribution in [1.29, 1.82) is 0 Å². The van der Waals surface area contributed by atoms with Crippen LogP contribution >= 0.6 is 23.7 Å².